The number of imidazole rings is 1. The van der Waals surface area contributed by atoms with Crippen LogP contribution in [0.3, 0.4) is 0 Å². The van der Waals surface area contributed by atoms with Crippen LogP contribution < -0.4 is 10.6 Å². The molecule has 2 aromatic rings. The van der Waals surface area contributed by atoms with Gasteiger partial charge in [0.15, 0.2) is 11.5 Å². The first-order valence-electron chi connectivity index (χ1n) is 5.13. The highest BCUT2D eigenvalue weighted by Gasteiger charge is 2.22. The molecule has 94 valence electrons. The Morgan fingerprint density at radius 2 is 1.88 bits per heavy atom. The maximum absolute atomic E-state index is 5.89. The van der Waals surface area contributed by atoms with Gasteiger partial charge in [-0.25, -0.2) is 9.97 Å². The van der Waals surface area contributed by atoms with Crippen LogP contribution in [-0.2, 0) is 0 Å². The predicted octanol–water partition coefficient (Wildman–Crippen LogP) is 1.11. The first-order chi connectivity index (χ1) is 7.34. The number of hydrogen-bond donors (Lipinski definition) is 1. The van der Waals surface area contributed by atoms with E-state index in [1.54, 1.807) is 12.4 Å². The van der Waals surface area contributed by atoms with Gasteiger partial charge in [0.05, 0.1) is 0 Å². The smallest absolute Gasteiger partial charge is 0.180 e. The summed E-state index contributed by atoms with van der Waals surface area (Å²) < 4.78 is 1.98. The number of nitrogens with zero attached hydrogens (tertiary/aromatic N) is 4. The van der Waals surface area contributed by atoms with E-state index in [1.807, 2.05) is 16.8 Å². The average molecular weight is 276 g/mol. The number of nitrogens with two attached hydrogens (primary N) is 1. The summed E-state index contributed by atoms with van der Waals surface area (Å²) in [6.45, 7) is 1.85. The zero-order valence-corrected chi connectivity index (χ0v) is 10.8. The zero-order chi connectivity index (χ0) is 10.3. The molecule has 2 aromatic heterocycles. The summed E-state index contributed by atoms with van der Waals surface area (Å²) in [6.07, 6.45) is 8.45. The summed E-state index contributed by atoms with van der Waals surface area (Å²) >= 11 is 0. The van der Waals surface area contributed by atoms with Crippen LogP contribution in [0.5, 0.6) is 0 Å². The minimum absolute atomic E-state index is 0. The lowest BCUT2D eigenvalue weighted by Gasteiger charge is -2.16. The Labute approximate surface area is 112 Å². The minimum Gasteiger partial charge on any atom is -0.352 e. The van der Waals surface area contributed by atoms with Crippen LogP contribution in [-0.4, -0.2) is 33.5 Å². The van der Waals surface area contributed by atoms with E-state index < -0.39 is 0 Å². The largest absolute Gasteiger partial charge is 0.352 e. The Morgan fingerprint density at radius 3 is 2.53 bits per heavy atom. The van der Waals surface area contributed by atoms with Crippen molar-refractivity contribution in [1.82, 2.24) is 14.4 Å². The Kier molecular flexibility index (Phi) is 4.56. The summed E-state index contributed by atoms with van der Waals surface area (Å²) in [7, 11) is 0. The molecule has 1 atom stereocenters. The van der Waals surface area contributed by atoms with E-state index in [9.17, 15) is 0 Å². The predicted molar refractivity (Wildman–Crippen MR) is 72.3 cm³/mol. The van der Waals surface area contributed by atoms with Gasteiger partial charge in [0.2, 0.25) is 0 Å². The van der Waals surface area contributed by atoms with Crippen molar-refractivity contribution in [3.8, 4) is 0 Å². The normalized spacial score (nSPS) is 18.9. The molecule has 1 fully saturated rings. The molecule has 2 N–H and O–H groups in total. The van der Waals surface area contributed by atoms with Crippen LogP contribution in [0.4, 0.5) is 5.82 Å². The van der Waals surface area contributed by atoms with Crippen molar-refractivity contribution in [3.05, 3.63) is 24.8 Å². The van der Waals surface area contributed by atoms with Gasteiger partial charge in [-0.15, -0.1) is 24.8 Å². The fraction of sp³-hybridized carbons (Fsp3) is 0.400. The maximum atomic E-state index is 5.89. The van der Waals surface area contributed by atoms with Gasteiger partial charge in [0.25, 0.3) is 0 Å². The van der Waals surface area contributed by atoms with Gasteiger partial charge in [-0.3, -0.25) is 0 Å². The second-order valence-electron chi connectivity index (χ2n) is 3.90. The third-order valence-electron chi connectivity index (χ3n) is 2.82. The average Bonchev–Trinajstić information content (AvgIpc) is 2.84. The summed E-state index contributed by atoms with van der Waals surface area (Å²) in [5.74, 6) is 0.940. The lowest BCUT2D eigenvalue weighted by Crippen LogP contribution is -2.27. The number of hydrogen-bond acceptors (Lipinski definition) is 4. The van der Waals surface area contributed by atoms with Gasteiger partial charge >= 0.3 is 0 Å². The molecule has 0 saturated carbocycles. The monoisotopic (exact) mass is 275 g/mol. The van der Waals surface area contributed by atoms with Crippen LogP contribution in [0, 0.1) is 0 Å². The fourth-order valence-corrected chi connectivity index (χ4v) is 2.04. The summed E-state index contributed by atoms with van der Waals surface area (Å²) in [4.78, 5) is 10.9. The van der Waals surface area contributed by atoms with E-state index in [4.69, 9.17) is 5.73 Å². The number of aromatic nitrogens is 3. The van der Waals surface area contributed by atoms with E-state index in [0.29, 0.717) is 0 Å². The molecule has 0 bridgehead atoms. The van der Waals surface area contributed by atoms with Gasteiger partial charge in [-0.2, -0.15) is 0 Å². The van der Waals surface area contributed by atoms with Crippen molar-refractivity contribution in [3.63, 3.8) is 0 Å². The number of fused-ring (bicyclic) bond motifs is 1. The van der Waals surface area contributed by atoms with Crippen molar-refractivity contribution in [2.24, 2.45) is 5.73 Å². The van der Waals surface area contributed by atoms with Crippen molar-refractivity contribution in [2.45, 2.75) is 12.5 Å². The molecule has 3 heterocycles. The molecule has 0 amide bonds. The van der Waals surface area contributed by atoms with Crippen LogP contribution >= 0.6 is 24.8 Å². The van der Waals surface area contributed by atoms with Crippen LogP contribution in [0.25, 0.3) is 5.65 Å². The van der Waals surface area contributed by atoms with E-state index >= 15 is 0 Å². The Bertz CT molecular complexity index is 486. The molecule has 0 aromatic carbocycles. The SMILES string of the molecule is Cl.Cl.N[C@H]1CCN(c2nccn3ccnc23)C1. The highest BCUT2D eigenvalue weighted by atomic mass is 35.5. The first-order valence-corrected chi connectivity index (χ1v) is 5.13. The number of halogens is 2. The van der Waals surface area contributed by atoms with Crippen molar-refractivity contribution in [1.29, 1.82) is 0 Å². The molecule has 17 heavy (non-hydrogen) atoms. The molecular weight excluding hydrogens is 261 g/mol. The molecule has 0 unspecified atom stereocenters. The first kappa shape index (κ1) is 14.0. The van der Waals surface area contributed by atoms with Crippen LogP contribution in [0.15, 0.2) is 24.8 Å². The quantitative estimate of drug-likeness (QED) is 0.847. The number of anilines is 1. The Balaban J connectivity index is 0.000000722. The number of rotatable bonds is 1. The molecule has 5 nitrogen and oxygen atoms in total. The second-order valence-corrected chi connectivity index (χ2v) is 3.90. The lowest BCUT2D eigenvalue weighted by molar-refractivity contribution is 0.751. The van der Waals surface area contributed by atoms with Gasteiger partial charge in [0.1, 0.15) is 0 Å². The van der Waals surface area contributed by atoms with Crippen LogP contribution in [0.1, 0.15) is 6.42 Å². The van der Waals surface area contributed by atoms with E-state index in [0.717, 1.165) is 31.0 Å². The lowest BCUT2D eigenvalue weighted by atomic mass is 10.3. The molecule has 0 spiro atoms. The summed E-state index contributed by atoms with van der Waals surface area (Å²) in [5.41, 5.74) is 6.79. The zero-order valence-electron chi connectivity index (χ0n) is 9.19. The molecule has 1 aliphatic heterocycles. The molecule has 0 radical (unpaired) electrons. The highest BCUT2D eigenvalue weighted by Crippen LogP contribution is 2.20. The van der Waals surface area contributed by atoms with Gasteiger partial charge in [-0.05, 0) is 6.42 Å². The van der Waals surface area contributed by atoms with E-state index in [1.165, 1.54) is 0 Å². The third-order valence-corrected chi connectivity index (χ3v) is 2.82. The van der Waals surface area contributed by atoms with Crippen molar-refractivity contribution in [2.75, 3.05) is 18.0 Å². The van der Waals surface area contributed by atoms with Crippen molar-refractivity contribution < 1.29 is 0 Å². The second kappa shape index (κ2) is 5.53. The van der Waals surface area contributed by atoms with Gasteiger partial charge in [0, 0.05) is 43.9 Å². The topological polar surface area (TPSA) is 59.5 Å². The molecular formula is C10H15Cl2N5. The highest BCUT2D eigenvalue weighted by molar-refractivity contribution is 5.85. The molecule has 7 heteroatoms. The maximum Gasteiger partial charge on any atom is 0.180 e. The molecule has 1 saturated heterocycles. The Hall–Kier alpha value is -1.04. The standard InChI is InChI=1S/C10H13N5.2ClH/c11-8-1-4-15(7-8)10-9-12-2-5-14(9)6-3-13-10;;/h2-3,5-6,8H,1,4,7,11H2;2*1H/t8-;;/m0../s1. The van der Waals surface area contributed by atoms with E-state index in [-0.39, 0.29) is 30.9 Å². The fourth-order valence-electron chi connectivity index (χ4n) is 2.04. The summed E-state index contributed by atoms with van der Waals surface area (Å²) in [6, 6.07) is 0.266. The van der Waals surface area contributed by atoms with Crippen LogP contribution in [0.2, 0.25) is 0 Å². The van der Waals surface area contributed by atoms with Crippen molar-refractivity contribution >= 4 is 36.3 Å². The minimum atomic E-state index is 0. The Morgan fingerprint density at radius 1 is 1.18 bits per heavy atom. The third kappa shape index (κ3) is 2.46. The summed E-state index contributed by atoms with van der Waals surface area (Å²) in [5, 5.41) is 0. The molecule has 1 aliphatic rings. The van der Waals surface area contributed by atoms with E-state index in [2.05, 4.69) is 14.9 Å². The van der Waals surface area contributed by atoms with Gasteiger partial charge in [-0.1, -0.05) is 0 Å². The molecule has 3 rings (SSSR count). The molecule has 0 aliphatic carbocycles. The van der Waals surface area contributed by atoms with Gasteiger partial charge < -0.3 is 15.0 Å².